The number of rotatable bonds is 1. The Kier molecular flexibility index (Phi) is 2.27. The maximum absolute atomic E-state index is 3.02. The Hall–Kier alpha value is -0.120. The molecule has 3 N–H and O–H groups in total. The molecule has 3 heteroatoms. The van der Waals surface area contributed by atoms with E-state index in [1.165, 1.54) is 6.42 Å². The van der Waals surface area contributed by atoms with Gasteiger partial charge in [-0.15, -0.1) is 0 Å². The van der Waals surface area contributed by atoms with Crippen molar-refractivity contribution in [2.75, 3.05) is 13.1 Å². The van der Waals surface area contributed by atoms with Crippen LogP contribution in [-0.4, -0.2) is 13.1 Å². The Morgan fingerprint density at radius 3 is 2.38 bits per heavy atom. The molecular formula is C5H13N3. The molecule has 1 saturated heterocycles. The molecule has 1 aliphatic rings. The first-order chi connectivity index (χ1) is 3.93. The number of hydrogen-bond acceptors (Lipinski definition) is 3. The van der Waals surface area contributed by atoms with Crippen molar-refractivity contribution in [2.24, 2.45) is 5.92 Å². The predicted molar refractivity (Wildman–Crippen MR) is 32.9 cm³/mol. The van der Waals surface area contributed by atoms with Gasteiger partial charge < -0.3 is 0 Å². The van der Waals surface area contributed by atoms with Crippen molar-refractivity contribution in [1.29, 1.82) is 0 Å². The topological polar surface area (TPSA) is 36.1 Å². The molecule has 0 aliphatic carbocycles. The van der Waals surface area contributed by atoms with E-state index in [1.807, 2.05) is 0 Å². The monoisotopic (exact) mass is 115 g/mol. The number of hydrogen-bond donors (Lipinski definition) is 3. The summed E-state index contributed by atoms with van der Waals surface area (Å²) in [6, 6.07) is 0. The van der Waals surface area contributed by atoms with Crippen LogP contribution >= 0.6 is 0 Å². The zero-order chi connectivity index (χ0) is 5.82. The Bertz CT molecular complexity index is 58.7. The van der Waals surface area contributed by atoms with E-state index in [0.29, 0.717) is 0 Å². The maximum Gasteiger partial charge on any atom is 0.0154 e. The summed E-state index contributed by atoms with van der Waals surface area (Å²) in [6.45, 7) is 4.38. The lowest BCUT2D eigenvalue weighted by atomic mass is 10.1. The van der Waals surface area contributed by atoms with Gasteiger partial charge in [-0.2, -0.15) is 5.53 Å². The van der Waals surface area contributed by atoms with Crippen LogP contribution in [0.4, 0.5) is 0 Å². The van der Waals surface area contributed by atoms with Gasteiger partial charge in [-0.25, -0.2) is 10.9 Å². The van der Waals surface area contributed by atoms with E-state index in [2.05, 4.69) is 23.3 Å². The van der Waals surface area contributed by atoms with Gasteiger partial charge in [-0.05, 0) is 5.92 Å². The molecule has 0 saturated carbocycles. The molecule has 48 valence electrons. The normalized spacial score (nSPS) is 23.6. The molecule has 8 heavy (non-hydrogen) atoms. The molecule has 1 heterocycles. The third kappa shape index (κ3) is 1.43. The summed E-state index contributed by atoms with van der Waals surface area (Å²) in [6.07, 6.45) is 1.25. The molecule has 1 rings (SSSR count). The molecular weight excluding hydrogens is 102 g/mol. The molecule has 0 aromatic heterocycles. The van der Waals surface area contributed by atoms with Gasteiger partial charge >= 0.3 is 0 Å². The fourth-order valence-electron chi connectivity index (χ4n) is 0.814. The summed E-state index contributed by atoms with van der Waals surface area (Å²) in [7, 11) is 0. The smallest absolute Gasteiger partial charge is 0.0154 e. The zero-order valence-corrected chi connectivity index (χ0v) is 5.20. The largest absolute Gasteiger partial charge is 0.244 e. The third-order valence-corrected chi connectivity index (χ3v) is 1.54. The van der Waals surface area contributed by atoms with Gasteiger partial charge in [-0.3, -0.25) is 0 Å². The minimum atomic E-state index is 0.802. The van der Waals surface area contributed by atoms with E-state index in [-0.39, 0.29) is 0 Å². The molecule has 0 aromatic rings. The predicted octanol–water partition coefficient (Wildman–Crippen LogP) is -0.375. The summed E-state index contributed by atoms with van der Waals surface area (Å²) in [4.78, 5) is 0. The molecule has 0 radical (unpaired) electrons. The van der Waals surface area contributed by atoms with Crippen LogP contribution in [0.1, 0.15) is 13.3 Å². The average molecular weight is 115 g/mol. The lowest BCUT2D eigenvalue weighted by molar-refractivity contribution is 0.285. The quantitative estimate of drug-likeness (QED) is 0.436. The summed E-state index contributed by atoms with van der Waals surface area (Å²) in [5.41, 5.74) is 8.90. The highest BCUT2D eigenvalue weighted by Crippen LogP contribution is 1.98. The Labute approximate surface area is 49.8 Å². The van der Waals surface area contributed by atoms with E-state index >= 15 is 0 Å². The first-order valence-electron chi connectivity index (χ1n) is 3.14. The average Bonchev–Trinajstić information content (AvgIpc) is 1.90. The van der Waals surface area contributed by atoms with Crippen molar-refractivity contribution in [3.8, 4) is 0 Å². The van der Waals surface area contributed by atoms with Gasteiger partial charge in [0.15, 0.2) is 0 Å². The van der Waals surface area contributed by atoms with Gasteiger partial charge in [0.1, 0.15) is 0 Å². The molecule has 0 spiro atoms. The lowest BCUT2D eigenvalue weighted by Gasteiger charge is -2.22. The van der Waals surface area contributed by atoms with Gasteiger partial charge in [0.05, 0.1) is 0 Å². The Balaban J connectivity index is 2.13. The molecule has 3 nitrogen and oxygen atoms in total. The summed E-state index contributed by atoms with van der Waals surface area (Å²) >= 11 is 0. The summed E-state index contributed by atoms with van der Waals surface area (Å²) in [5.74, 6) is 0.802. The highest BCUT2D eigenvalue weighted by molar-refractivity contribution is 4.63. The van der Waals surface area contributed by atoms with Crippen LogP contribution in [0.2, 0.25) is 0 Å². The van der Waals surface area contributed by atoms with Crippen LogP contribution in [-0.2, 0) is 0 Å². The fraction of sp³-hybridized carbons (Fsp3) is 1.00. The van der Waals surface area contributed by atoms with Crippen molar-refractivity contribution in [3.63, 3.8) is 0 Å². The van der Waals surface area contributed by atoms with Crippen molar-refractivity contribution < 1.29 is 0 Å². The van der Waals surface area contributed by atoms with E-state index < -0.39 is 0 Å². The lowest BCUT2D eigenvalue weighted by Crippen LogP contribution is -2.53. The minimum Gasteiger partial charge on any atom is -0.244 e. The first-order valence-corrected chi connectivity index (χ1v) is 3.14. The first kappa shape index (κ1) is 6.01. The molecule has 1 aliphatic heterocycles. The Morgan fingerprint density at radius 2 is 2.00 bits per heavy atom. The Morgan fingerprint density at radius 1 is 1.38 bits per heavy atom. The zero-order valence-electron chi connectivity index (χ0n) is 5.20. The second-order valence-electron chi connectivity index (χ2n) is 2.16. The van der Waals surface area contributed by atoms with Gasteiger partial charge in [-0.1, -0.05) is 13.3 Å². The molecule has 1 fully saturated rings. The highest BCUT2D eigenvalue weighted by atomic mass is 15.6. The summed E-state index contributed by atoms with van der Waals surface area (Å²) < 4.78 is 0. The molecule has 0 aromatic carbocycles. The number of hydrazine groups is 2. The second kappa shape index (κ2) is 3.02. The molecule has 0 atom stereocenters. The van der Waals surface area contributed by atoms with Crippen LogP contribution in [0.5, 0.6) is 0 Å². The molecule has 0 amide bonds. The fourth-order valence-corrected chi connectivity index (χ4v) is 0.814. The van der Waals surface area contributed by atoms with E-state index in [0.717, 1.165) is 19.0 Å². The van der Waals surface area contributed by atoms with Crippen LogP contribution < -0.4 is 16.4 Å². The highest BCUT2D eigenvalue weighted by Gasteiger charge is 2.07. The van der Waals surface area contributed by atoms with E-state index in [1.54, 1.807) is 0 Å². The van der Waals surface area contributed by atoms with Crippen molar-refractivity contribution in [1.82, 2.24) is 16.4 Å². The molecule has 0 bridgehead atoms. The SMILES string of the molecule is CCC1CNNNC1. The van der Waals surface area contributed by atoms with E-state index in [9.17, 15) is 0 Å². The second-order valence-corrected chi connectivity index (χ2v) is 2.16. The van der Waals surface area contributed by atoms with Gasteiger partial charge in [0.2, 0.25) is 0 Å². The van der Waals surface area contributed by atoms with Crippen molar-refractivity contribution >= 4 is 0 Å². The van der Waals surface area contributed by atoms with E-state index in [4.69, 9.17) is 0 Å². The van der Waals surface area contributed by atoms with Crippen LogP contribution in [0.15, 0.2) is 0 Å². The van der Waals surface area contributed by atoms with Crippen LogP contribution in [0, 0.1) is 5.92 Å². The van der Waals surface area contributed by atoms with Gasteiger partial charge in [0, 0.05) is 13.1 Å². The summed E-state index contributed by atoms with van der Waals surface area (Å²) in [5, 5.41) is 0. The van der Waals surface area contributed by atoms with Gasteiger partial charge in [0.25, 0.3) is 0 Å². The third-order valence-electron chi connectivity index (χ3n) is 1.54. The van der Waals surface area contributed by atoms with Crippen molar-refractivity contribution in [2.45, 2.75) is 13.3 Å². The molecule has 0 unspecified atom stereocenters. The van der Waals surface area contributed by atoms with Crippen LogP contribution in [0.3, 0.4) is 0 Å². The maximum atomic E-state index is 3.02. The van der Waals surface area contributed by atoms with Crippen LogP contribution in [0.25, 0.3) is 0 Å². The van der Waals surface area contributed by atoms with Crippen molar-refractivity contribution in [3.05, 3.63) is 0 Å². The number of nitrogens with one attached hydrogen (secondary N) is 3. The standard InChI is InChI=1S/C5H13N3/c1-2-5-3-6-8-7-4-5/h5-8H,2-4H2,1H3. The minimum absolute atomic E-state index is 0.802.